The van der Waals surface area contributed by atoms with Crippen LogP contribution in [-0.4, -0.2) is 31.7 Å². The fourth-order valence-corrected chi connectivity index (χ4v) is 2.49. The molecule has 5 nitrogen and oxygen atoms in total. The Hall–Kier alpha value is -2.92. The number of hydrogen-bond donors (Lipinski definition) is 1. The second-order valence-electron chi connectivity index (χ2n) is 6.56. The van der Waals surface area contributed by atoms with Crippen molar-refractivity contribution >= 4 is 23.6 Å². The standard InChI is InChI=1S/C23H27NO4/c1-4-27-14-15-28-23(26)20-6-5-7-21(16-20)24-22(25)13-10-18-8-11-19(12-9-18)17(2)3/h5-13,16-17H,4,14-15H2,1-3H3,(H,24,25)/b13-10+. The van der Waals surface area contributed by atoms with Gasteiger partial charge in [-0.1, -0.05) is 44.2 Å². The molecule has 148 valence electrons. The van der Waals surface area contributed by atoms with E-state index in [1.165, 1.54) is 11.6 Å². The molecule has 1 N–H and O–H groups in total. The Kier molecular flexibility index (Phi) is 8.43. The van der Waals surface area contributed by atoms with E-state index >= 15 is 0 Å². The molecule has 2 rings (SSSR count). The van der Waals surface area contributed by atoms with Crippen molar-refractivity contribution in [3.8, 4) is 0 Å². The van der Waals surface area contributed by atoms with Gasteiger partial charge < -0.3 is 14.8 Å². The molecule has 0 spiro atoms. The zero-order valence-corrected chi connectivity index (χ0v) is 16.6. The van der Waals surface area contributed by atoms with Gasteiger partial charge in [0.1, 0.15) is 6.61 Å². The Morgan fingerprint density at radius 2 is 1.82 bits per heavy atom. The Labute approximate surface area is 166 Å². The summed E-state index contributed by atoms with van der Waals surface area (Å²) in [6.45, 7) is 7.29. The molecule has 0 heterocycles. The van der Waals surface area contributed by atoms with E-state index in [4.69, 9.17) is 9.47 Å². The topological polar surface area (TPSA) is 64.6 Å². The number of ether oxygens (including phenoxy) is 2. The van der Waals surface area contributed by atoms with Crippen molar-refractivity contribution in [2.75, 3.05) is 25.1 Å². The van der Waals surface area contributed by atoms with Gasteiger partial charge in [-0.05, 0) is 48.2 Å². The van der Waals surface area contributed by atoms with E-state index in [2.05, 4.69) is 31.3 Å². The van der Waals surface area contributed by atoms with Crippen LogP contribution in [0.2, 0.25) is 0 Å². The van der Waals surface area contributed by atoms with Crippen LogP contribution < -0.4 is 5.32 Å². The number of esters is 1. The summed E-state index contributed by atoms with van der Waals surface area (Å²) in [6, 6.07) is 14.7. The molecule has 0 radical (unpaired) electrons. The maximum Gasteiger partial charge on any atom is 0.338 e. The fourth-order valence-electron chi connectivity index (χ4n) is 2.49. The number of rotatable bonds is 9. The van der Waals surface area contributed by atoms with Crippen molar-refractivity contribution < 1.29 is 19.1 Å². The molecule has 0 unspecified atom stereocenters. The van der Waals surface area contributed by atoms with E-state index in [9.17, 15) is 9.59 Å². The van der Waals surface area contributed by atoms with Gasteiger partial charge in [0, 0.05) is 18.4 Å². The van der Waals surface area contributed by atoms with Gasteiger partial charge in [-0.2, -0.15) is 0 Å². The molecule has 0 aliphatic heterocycles. The summed E-state index contributed by atoms with van der Waals surface area (Å²) in [7, 11) is 0. The van der Waals surface area contributed by atoms with E-state index in [1.807, 2.05) is 19.1 Å². The zero-order valence-electron chi connectivity index (χ0n) is 16.6. The first-order valence-corrected chi connectivity index (χ1v) is 9.43. The van der Waals surface area contributed by atoms with Crippen LogP contribution in [0.3, 0.4) is 0 Å². The fraction of sp³-hybridized carbons (Fsp3) is 0.304. The van der Waals surface area contributed by atoms with Crippen LogP contribution in [0, 0.1) is 0 Å². The molecule has 5 heteroatoms. The molecule has 0 atom stereocenters. The molecule has 0 aliphatic carbocycles. The lowest BCUT2D eigenvalue weighted by Crippen LogP contribution is -2.12. The third-order valence-corrected chi connectivity index (χ3v) is 4.06. The van der Waals surface area contributed by atoms with Crippen LogP contribution in [0.25, 0.3) is 6.08 Å². The minimum Gasteiger partial charge on any atom is -0.460 e. The van der Waals surface area contributed by atoms with Gasteiger partial charge in [0.2, 0.25) is 5.91 Å². The van der Waals surface area contributed by atoms with E-state index < -0.39 is 5.97 Å². The van der Waals surface area contributed by atoms with Crippen LogP contribution in [0.5, 0.6) is 0 Å². The smallest absolute Gasteiger partial charge is 0.338 e. The van der Waals surface area contributed by atoms with Gasteiger partial charge in [0.15, 0.2) is 0 Å². The Bertz CT molecular complexity index is 810. The molecular formula is C23H27NO4. The first-order chi connectivity index (χ1) is 13.5. The van der Waals surface area contributed by atoms with Crippen molar-refractivity contribution in [2.24, 2.45) is 0 Å². The number of hydrogen-bond acceptors (Lipinski definition) is 4. The first kappa shape index (κ1) is 21.4. The molecule has 0 saturated heterocycles. The summed E-state index contributed by atoms with van der Waals surface area (Å²) in [5, 5.41) is 2.76. The van der Waals surface area contributed by atoms with Crippen LogP contribution in [0.15, 0.2) is 54.6 Å². The largest absolute Gasteiger partial charge is 0.460 e. The number of anilines is 1. The van der Waals surface area contributed by atoms with Gasteiger partial charge >= 0.3 is 5.97 Å². The maximum absolute atomic E-state index is 12.2. The van der Waals surface area contributed by atoms with Gasteiger partial charge in [-0.15, -0.1) is 0 Å². The highest BCUT2D eigenvalue weighted by Crippen LogP contribution is 2.16. The molecule has 2 aromatic carbocycles. The van der Waals surface area contributed by atoms with Gasteiger partial charge in [-0.3, -0.25) is 4.79 Å². The summed E-state index contributed by atoms with van der Waals surface area (Å²) in [4.78, 5) is 24.2. The van der Waals surface area contributed by atoms with Crippen LogP contribution in [0.1, 0.15) is 48.2 Å². The lowest BCUT2D eigenvalue weighted by Gasteiger charge is -2.07. The summed E-state index contributed by atoms with van der Waals surface area (Å²) in [5.41, 5.74) is 3.12. The summed E-state index contributed by atoms with van der Waals surface area (Å²) in [6.07, 6.45) is 3.22. The first-order valence-electron chi connectivity index (χ1n) is 9.43. The Morgan fingerprint density at radius 1 is 1.07 bits per heavy atom. The number of benzene rings is 2. The minimum absolute atomic E-state index is 0.196. The maximum atomic E-state index is 12.2. The SMILES string of the molecule is CCOCCOC(=O)c1cccc(NC(=O)/C=C/c2ccc(C(C)C)cc2)c1. The second-order valence-corrected chi connectivity index (χ2v) is 6.56. The summed E-state index contributed by atoms with van der Waals surface area (Å²) >= 11 is 0. The predicted molar refractivity (Wildman–Crippen MR) is 111 cm³/mol. The second kappa shape index (κ2) is 11.0. The Morgan fingerprint density at radius 3 is 2.50 bits per heavy atom. The molecule has 0 fully saturated rings. The normalized spacial score (nSPS) is 11.0. The van der Waals surface area contributed by atoms with Crippen LogP contribution >= 0.6 is 0 Å². The minimum atomic E-state index is -0.448. The third kappa shape index (κ3) is 7.00. The van der Waals surface area contributed by atoms with E-state index in [0.717, 1.165) is 5.56 Å². The molecule has 0 aromatic heterocycles. The molecule has 0 bridgehead atoms. The zero-order chi connectivity index (χ0) is 20.4. The van der Waals surface area contributed by atoms with Crippen LogP contribution in [-0.2, 0) is 14.3 Å². The van der Waals surface area contributed by atoms with Crippen molar-refractivity contribution in [3.63, 3.8) is 0 Å². The van der Waals surface area contributed by atoms with E-state index in [0.29, 0.717) is 30.4 Å². The number of carbonyl (C=O) groups excluding carboxylic acids is 2. The van der Waals surface area contributed by atoms with Gasteiger partial charge in [-0.25, -0.2) is 4.79 Å². The average molecular weight is 381 g/mol. The molecule has 1 amide bonds. The number of carbonyl (C=O) groups is 2. The van der Waals surface area contributed by atoms with Crippen LogP contribution in [0.4, 0.5) is 5.69 Å². The molecular weight excluding hydrogens is 354 g/mol. The number of amides is 1. The highest BCUT2D eigenvalue weighted by Gasteiger charge is 2.08. The molecule has 0 saturated carbocycles. The highest BCUT2D eigenvalue weighted by atomic mass is 16.6. The average Bonchev–Trinajstić information content (AvgIpc) is 2.70. The monoisotopic (exact) mass is 381 g/mol. The van der Waals surface area contributed by atoms with Gasteiger partial charge in [0.25, 0.3) is 0 Å². The quantitative estimate of drug-likeness (QED) is 0.390. The number of nitrogens with one attached hydrogen (secondary N) is 1. The lowest BCUT2D eigenvalue weighted by molar-refractivity contribution is -0.111. The lowest BCUT2D eigenvalue weighted by atomic mass is 10.0. The summed E-state index contributed by atoms with van der Waals surface area (Å²) in [5.74, 6) is -0.245. The van der Waals surface area contributed by atoms with Crippen molar-refractivity contribution in [3.05, 3.63) is 71.3 Å². The van der Waals surface area contributed by atoms with Crippen molar-refractivity contribution in [1.82, 2.24) is 0 Å². The predicted octanol–water partition coefficient (Wildman–Crippen LogP) is 4.66. The third-order valence-electron chi connectivity index (χ3n) is 4.06. The molecule has 2 aromatic rings. The summed E-state index contributed by atoms with van der Waals surface area (Å²) < 4.78 is 10.3. The highest BCUT2D eigenvalue weighted by molar-refractivity contribution is 6.02. The van der Waals surface area contributed by atoms with Crippen molar-refractivity contribution in [1.29, 1.82) is 0 Å². The Balaban J connectivity index is 1.91. The van der Waals surface area contributed by atoms with E-state index in [1.54, 1.807) is 30.3 Å². The molecule has 28 heavy (non-hydrogen) atoms. The van der Waals surface area contributed by atoms with Crippen molar-refractivity contribution in [2.45, 2.75) is 26.7 Å². The van der Waals surface area contributed by atoms with Gasteiger partial charge in [0.05, 0.1) is 12.2 Å². The molecule has 0 aliphatic rings. The van der Waals surface area contributed by atoms with E-state index in [-0.39, 0.29) is 12.5 Å².